The molecule has 1 amide bonds. The molecule has 0 saturated carbocycles. The third-order valence-electron chi connectivity index (χ3n) is 3.82. The highest BCUT2D eigenvalue weighted by atomic mass is 16.2. The summed E-state index contributed by atoms with van der Waals surface area (Å²) in [4.78, 5) is 20.9. The molecule has 1 atom stereocenters. The minimum Gasteiger partial charge on any atom is -0.340 e. The second-order valence-corrected chi connectivity index (χ2v) is 5.40. The Kier molecular flexibility index (Phi) is 5.49. The normalized spacial score (nSPS) is 18.0. The standard InChI is InChI=1S/C15H24N4O/c1-13(5-6-16)15(20)19-10-8-18(9-11-19)12-14-4-2-3-7-17-14/h2-4,7,13H,5-6,8-12,16H2,1H3. The maximum atomic E-state index is 12.2. The van der Waals surface area contributed by atoms with Crippen molar-refractivity contribution < 1.29 is 4.79 Å². The lowest BCUT2D eigenvalue weighted by Gasteiger charge is -2.35. The van der Waals surface area contributed by atoms with Crippen LogP contribution in [0, 0.1) is 5.92 Å². The van der Waals surface area contributed by atoms with Gasteiger partial charge in [0.15, 0.2) is 0 Å². The van der Waals surface area contributed by atoms with Gasteiger partial charge in [-0.05, 0) is 25.1 Å². The molecule has 2 heterocycles. The van der Waals surface area contributed by atoms with E-state index in [0.717, 1.165) is 44.8 Å². The first-order valence-electron chi connectivity index (χ1n) is 7.32. The lowest BCUT2D eigenvalue weighted by molar-refractivity contribution is -0.137. The number of nitrogens with zero attached hydrogens (tertiary/aromatic N) is 3. The number of amides is 1. The van der Waals surface area contributed by atoms with Gasteiger partial charge < -0.3 is 10.6 Å². The highest BCUT2D eigenvalue weighted by Gasteiger charge is 2.24. The maximum absolute atomic E-state index is 12.2. The number of aromatic nitrogens is 1. The molecule has 0 aliphatic carbocycles. The van der Waals surface area contributed by atoms with Gasteiger partial charge in [-0.2, -0.15) is 0 Å². The second kappa shape index (κ2) is 7.36. The largest absolute Gasteiger partial charge is 0.340 e. The van der Waals surface area contributed by atoms with Crippen molar-refractivity contribution in [3.63, 3.8) is 0 Å². The molecule has 0 bridgehead atoms. The van der Waals surface area contributed by atoms with Crippen LogP contribution in [0.1, 0.15) is 19.0 Å². The predicted molar refractivity (Wildman–Crippen MR) is 78.9 cm³/mol. The number of carbonyl (C=O) groups is 1. The molecule has 1 fully saturated rings. The topological polar surface area (TPSA) is 62.5 Å². The van der Waals surface area contributed by atoms with Crippen LogP contribution in [0.25, 0.3) is 0 Å². The van der Waals surface area contributed by atoms with E-state index in [0.29, 0.717) is 6.54 Å². The first-order valence-corrected chi connectivity index (χ1v) is 7.32. The zero-order valence-electron chi connectivity index (χ0n) is 12.2. The molecule has 1 saturated heterocycles. The molecular weight excluding hydrogens is 252 g/mol. The van der Waals surface area contributed by atoms with E-state index in [1.165, 1.54) is 0 Å². The van der Waals surface area contributed by atoms with Crippen LogP contribution < -0.4 is 5.73 Å². The minimum atomic E-state index is 0.0438. The quantitative estimate of drug-likeness (QED) is 0.860. The number of pyridine rings is 1. The summed E-state index contributed by atoms with van der Waals surface area (Å²) >= 11 is 0. The summed E-state index contributed by atoms with van der Waals surface area (Å²) in [5, 5.41) is 0. The summed E-state index contributed by atoms with van der Waals surface area (Å²) in [5.74, 6) is 0.287. The van der Waals surface area contributed by atoms with Crippen LogP contribution in [-0.2, 0) is 11.3 Å². The van der Waals surface area contributed by atoms with Crippen molar-refractivity contribution in [1.29, 1.82) is 0 Å². The third-order valence-corrected chi connectivity index (χ3v) is 3.82. The first-order chi connectivity index (χ1) is 9.70. The molecule has 2 N–H and O–H groups in total. The fourth-order valence-electron chi connectivity index (χ4n) is 2.53. The molecule has 1 aliphatic heterocycles. The Hall–Kier alpha value is -1.46. The monoisotopic (exact) mass is 276 g/mol. The average Bonchev–Trinajstić information content (AvgIpc) is 2.48. The number of nitrogens with two attached hydrogens (primary N) is 1. The van der Waals surface area contributed by atoms with Crippen molar-refractivity contribution in [2.75, 3.05) is 32.7 Å². The van der Waals surface area contributed by atoms with Crippen molar-refractivity contribution >= 4 is 5.91 Å². The Morgan fingerprint density at radius 1 is 1.35 bits per heavy atom. The van der Waals surface area contributed by atoms with E-state index < -0.39 is 0 Å². The van der Waals surface area contributed by atoms with Crippen LogP contribution in [0.5, 0.6) is 0 Å². The van der Waals surface area contributed by atoms with Gasteiger partial charge in [-0.1, -0.05) is 13.0 Å². The lowest BCUT2D eigenvalue weighted by atomic mass is 10.1. The van der Waals surface area contributed by atoms with Crippen molar-refractivity contribution in [3.8, 4) is 0 Å². The molecule has 1 aromatic rings. The van der Waals surface area contributed by atoms with Gasteiger partial charge in [0.2, 0.25) is 5.91 Å². The Balaban J connectivity index is 1.79. The molecule has 0 aromatic carbocycles. The van der Waals surface area contributed by atoms with E-state index in [-0.39, 0.29) is 11.8 Å². The van der Waals surface area contributed by atoms with Crippen LogP contribution in [0.4, 0.5) is 0 Å². The van der Waals surface area contributed by atoms with Crippen LogP contribution in [0.15, 0.2) is 24.4 Å². The van der Waals surface area contributed by atoms with Gasteiger partial charge in [-0.15, -0.1) is 0 Å². The molecule has 5 heteroatoms. The number of hydrogen-bond donors (Lipinski definition) is 1. The molecule has 110 valence electrons. The van der Waals surface area contributed by atoms with Crippen LogP contribution in [-0.4, -0.2) is 53.4 Å². The van der Waals surface area contributed by atoms with E-state index in [4.69, 9.17) is 5.73 Å². The zero-order chi connectivity index (χ0) is 14.4. The van der Waals surface area contributed by atoms with Crippen LogP contribution >= 0.6 is 0 Å². The zero-order valence-corrected chi connectivity index (χ0v) is 12.2. The molecule has 0 radical (unpaired) electrons. The fourth-order valence-corrected chi connectivity index (χ4v) is 2.53. The van der Waals surface area contributed by atoms with Crippen molar-refractivity contribution in [1.82, 2.24) is 14.8 Å². The summed E-state index contributed by atoms with van der Waals surface area (Å²) in [6.07, 6.45) is 2.59. The van der Waals surface area contributed by atoms with E-state index >= 15 is 0 Å². The first kappa shape index (κ1) is 14.9. The van der Waals surface area contributed by atoms with Gasteiger partial charge in [0, 0.05) is 44.8 Å². The third kappa shape index (κ3) is 4.02. The lowest BCUT2D eigenvalue weighted by Crippen LogP contribution is -2.49. The van der Waals surface area contributed by atoms with Crippen molar-refractivity contribution in [2.45, 2.75) is 19.9 Å². The fraction of sp³-hybridized carbons (Fsp3) is 0.600. The van der Waals surface area contributed by atoms with Crippen molar-refractivity contribution in [2.24, 2.45) is 11.7 Å². The number of piperazine rings is 1. The highest BCUT2D eigenvalue weighted by Crippen LogP contribution is 2.11. The summed E-state index contributed by atoms with van der Waals surface area (Å²) < 4.78 is 0. The molecule has 1 aromatic heterocycles. The Morgan fingerprint density at radius 2 is 2.10 bits per heavy atom. The van der Waals surface area contributed by atoms with E-state index in [2.05, 4.69) is 9.88 Å². The Bertz CT molecular complexity index is 415. The molecule has 2 rings (SSSR count). The predicted octanol–water partition coefficient (Wildman–Crippen LogP) is 0.711. The summed E-state index contributed by atoms with van der Waals surface area (Å²) in [7, 11) is 0. The molecule has 1 aliphatic rings. The SMILES string of the molecule is CC(CCN)C(=O)N1CCN(Cc2ccccn2)CC1. The number of rotatable bonds is 5. The van der Waals surface area contributed by atoms with Crippen molar-refractivity contribution in [3.05, 3.63) is 30.1 Å². The smallest absolute Gasteiger partial charge is 0.225 e. The molecule has 20 heavy (non-hydrogen) atoms. The summed E-state index contributed by atoms with van der Waals surface area (Å²) in [6.45, 7) is 6.85. The van der Waals surface area contributed by atoms with Gasteiger partial charge in [0.05, 0.1) is 5.69 Å². The van der Waals surface area contributed by atoms with E-state index in [9.17, 15) is 4.79 Å². The Labute approximate surface area is 120 Å². The van der Waals surface area contributed by atoms with Crippen LogP contribution in [0.3, 0.4) is 0 Å². The Morgan fingerprint density at radius 3 is 2.70 bits per heavy atom. The van der Waals surface area contributed by atoms with Gasteiger partial charge in [0.25, 0.3) is 0 Å². The van der Waals surface area contributed by atoms with Gasteiger partial charge >= 0.3 is 0 Å². The maximum Gasteiger partial charge on any atom is 0.225 e. The molecular formula is C15H24N4O. The molecule has 5 nitrogen and oxygen atoms in total. The molecule has 1 unspecified atom stereocenters. The van der Waals surface area contributed by atoms with E-state index in [1.54, 1.807) is 0 Å². The summed E-state index contributed by atoms with van der Waals surface area (Å²) in [5.41, 5.74) is 6.61. The molecule has 0 spiro atoms. The second-order valence-electron chi connectivity index (χ2n) is 5.40. The van der Waals surface area contributed by atoms with Crippen LogP contribution in [0.2, 0.25) is 0 Å². The summed E-state index contributed by atoms with van der Waals surface area (Å²) in [6, 6.07) is 5.98. The van der Waals surface area contributed by atoms with E-state index in [1.807, 2.05) is 36.2 Å². The average molecular weight is 276 g/mol. The van der Waals surface area contributed by atoms with Gasteiger partial charge in [-0.25, -0.2) is 0 Å². The minimum absolute atomic E-state index is 0.0438. The van der Waals surface area contributed by atoms with Gasteiger partial charge in [-0.3, -0.25) is 14.7 Å². The number of carbonyl (C=O) groups excluding carboxylic acids is 1. The highest BCUT2D eigenvalue weighted by molar-refractivity contribution is 5.78. The number of hydrogen-bond acceptors (Lipinski definition) is 4. The van der Waals surface area contributed by atoms with Gasteiger partial charge in [0.1, 0.15) is 0 Å².